The van der Waals surface area contributed by atoms with Gasteiger partial charge in [-0.05, 0) is 6.42 Å². The molecule has 1 rings (SSSR count). The van der Waals surface area contributed by atoms with Crippen molar-refractivity contribution in [2.75, 3.05) is 0 Å². The lowest BCUT2D eigenvalue weighted by Gasteiger charge is -2.17. The van der Waals surface area contributed by atoms with E-state index in [1.165, 1.54) is 0 Å². The van der Waals surface area contributed by atoms with Gasteiger partial charge >= 0.3 is 0 Å². The first kappa shape index (κ1) is 22.7. The minimum Gasteiger partial charge on any atom is -0.370 e. The molecule has 0 spiro atoms. The fraction of sp³-hybridized carbons (Fsp3) is 0.647. The molecule has 1 atom stereocenters. The Morgan fingerprint density at radius 2 is 1.93 bits per heavy atom. The summed E-state index contributed by atoms with van der Waals surface area (Å²) < 4.78 is 32.2. The summed E-state index contributed by atoms with van der Waals surface area (Å²) in [6.45, 7) is 7.15. The second-order valence-electron chi connectivity index (χ2n) is 7.24. The van der Waals surface area contributed by atoms with Crippen LogP contribution in [0.15, 0.2) is 4.52 Å². The summed E-state index contributed by atoms with van der Waals surface area (Å²) in [5.41, 5.74) is 4.39. The second-order valence-corrected chi connectivity index (χ2v) is 7.24. The third-order valence-corrected chi connectivity index (χ3v) is 3.65. The lowest BCUT2D eigenvalue weighted by Crippen LogP contribution is -2.41. The quantitative estimate of drug-likeness (QED) is 0.591. The van der Waals surface area contributed by atoms with Crippen molar-refractivity contribution in [2.45, 2.75) is 70.8 Å². The summed E-state index contributed by atoms with van der Waals surface area (Å²) >= 11 is 0. The Morgan fingerprint density at radius 3 is 2.41 bits per heavy atom. The van der Waals surface area contributed by atoms with E-state index in [1.807, 2.05) is 20.8 Å². The van der Waals surface area contributed by atoms with Gasteiger partial charge in [-0.1, -0.05) is 32.9 Å². The van der Waals surface area contributed by atoms with Crippen LogP contribution in [0.1, 0.15) is 69.9 Å². The van der Waals surface area contributed by atoms with Gasteiger partial charge < -0.3 is 15.6 Å². The van der Waals surface area contributed by atoms with Gasteiger partial charge in [0.2, 0.25) is 35.2 Å². The molecule has 10 heteroatoms. The van der Waals surface area contributed by atoms with Crippen molar-refractivity contribution in [3.63, 3.8) is 0 Å². The van der Waals surface area contributed by atoms with Crippen LogP contribution in [0.2, 0.25) is 0 Å². The first-order valence-electron chi connectivity index (χ1n) is 8.54. The highest BCUT2D eigenvalue weighted by molar-refractivity contribution is 6.00. The molecule has 8 nitrogen and oxygen atoms in total. The van der Waals surface area contributed by atoms with E-state index in [0.29, 0.717) is 0 Å². The van der Waals surface area contributed by atoms with Crippen molar-refractivity contribution in [2.24, 2.45) is 5.73 Å². The molecule has 0 fully saturated rings. The molecule has 0 saturated carbocycles. The predicted octanol–water partition coefficient (Wildman–Crippen LogP) is 1.94. The molecule has 27 heavy (non-hydrogen) atoms. The number of nitrogens with one attached hydrogen (secondary N) is 1. The minimum absolute atomic E-state index is 0.182. The van der Waals surface area contributed by atoms with Crippen LogP contribution in [0.5, 0.6) is 0 Å². The van der Waals surface area contributed by atoms with Crippen molar-refractivity contribution >= 4 is 17.6 Å². The van der Waals surface area contributed by atoms with Gasteiger partial charge in [-0.2, -0.15) is 4.98 Å². The Hall–Kier alpha value is -2.39. The van der Waals surface area contributed by atoms with Crippen molar-refractivity contribution in [3.05, 3.63) is 18.1 Å². The molecule has 0 aromatic carbocycles. The third kappa shape index (κ3) is 7.40. The number of carbonyl (C=O) groups excluding carboxylic acids is 3. The SMILES string of the molecule is CC[C@H](NC(=O)[CH]CC(F)(F)CCC(N)=O)C(=O)c1noc(C(C)(C)C)n1. The number of nitrogens with two attached hydrogens (primary N) is 1. The maximum absolute atomic E-state index is 13.6. The van der Waals surface area contributed by atoms with Crippen LogP contribution in [-0.4, -0.2) is 39.7 Å². The maximum atomic E-state index is 13.6. The third-order valence-electron chi connectivity index (χ3n) is 3.65. The average molecular weight is 387 g/mol. The van der Waals surface area contributed by atoms with Gasteiger partial charge in [0.1, 0.15) is 0 Å². The number of rotatable bonds is 10. The number of hydrogen-bond acceptors (Lipinski definition) is 6. The molecule has 0 aliphatic rings. The number of nitrogens with zero attached hydrogens (tertiary/aromatic N) is 2. The van der Waals surface area contributed by atoms with Gasteiger partial charge in [0, 0.05) is 24.7 Å². The van der Waals surface area contributed by atoms with E-state index in [0.717, 1.165) is 6.42 Å². The summed E-state index contributed by atoms with van der Waals surface area (Å²) in [5.74, 6) is -5.39. The fourth-order valence-electron chi connectivity index (χ4n) is 2.02. The molecule has 1 heterocycles. The average Bonchev–Trinajstić information content (AvgIpc) is 3.06. The Kier molecular flexibility index (Phi) is 7.55. The van der Waals surface area contributed by atoms with Crippen LogP contribution in [0.4, 0.5) is 8.78 Å². The van der Waals surface area contributed by atoms with E-state index in [4.69, 9.17) is 10.3 Å². The van der Waals surface area contributed by atoms with E-state index in [-0.39, 0.29) is 18.1 Å². The topological polar surface area (TPSA) is 128 Å². The van der Waals surface area contributed by atoms with Crippen LogP contribution >= 0.6 is 0 Å². The van der Waals surface area contributed by atoms with E-state index in [2.05, 4.69) is 15.5 Å². The van der Waals surface area contributed by atoms with E-state index in [1.54, 1.807) is 6.92 Å². The van der Waals surface area contributed by atoms with Gasteiger partial charge in [-0.15, -0.1) is 0 Å². The van der Waals surface area contributed by atoms with Gasteiger partial charge in [-0.3, -0.25) is 14.4 Å². The summed E-state index contributed by atoms with van der Waals surface area (Å²) in [4.78, 5) is 38.9. The Balaban J connectivity index is 2.64. The highest BCUT2D eigenvalue weighted by atomic mass is 19.3. The zero-order chi connectivity index (χ0) is 20.8. The molecule has 2 amide bonds. The molecule has 1 radical (unpaired) electrons. The number of primary amides is 1. The van der Waals surface area contributed by atoms with Crippen LogP contribution in [0.25, 0.3) is 0 Å². The summed E-state index contributed by atoms with van der Waals surface area (Å²) in [7, 11) is 0. The van der Waals surface area contributed by atoms with Crippen LogP contribution < -0.4 is 11.1 Å². The molecular formula is C17H25F2N4O4. The standard InChI is InChI=1S/C17H25F2N4O4/c1-5-10(13(26)14-22-15(27-23-14)16(2,3)4)21-12(25)7-9-17(18,19)8-6-11(20)24/h7,10H,5-6,8-9H2,1-4H3,(H2,20,24)(H,21,25)/t10-/m0/s1. The van der Waals surface area contributed by atoms with Gasteiger partial charge in [-0.25, -0.2) is 8.78 Å². The fourth-order valence-corrected chi connectivity index (χ4v) is 2.02. The first-order chi connectivity index (χ1) is 12.4. The highest BCUT2D eigenvalue weighted by Gasteiger charge is 2.32. The van der Waals surface area contributed by atoms with Crippen LogP contribution in [0, 0.1) is 6.42 Å². The predicted molar refractivity (Wildman–Crippen MR) is 91.8 cm³/mol. The summed E-state index contributed by atoms with van der Waals surface area (Å²) in [6, 6.07) is -0.974. The lowest BCUT2D eigenvalue weighted by atomic mass is 9.97. The highest BCUT2D eigenvalue weighted by Crippen LogP contribution is 2.25. The molecule has 151 valence electrons. The number of halogens is 2. The molecule has 0 aliphatic heterocycles. The normalized spacial score (nSPS) is 13.3. The largest absolute Gasteiger partial charge is 0.370 e. The van der Waals surface area contributed by atoms with Gasteiger partial charge in [0.05, 0.1) is 12.5 Å². The number of amides is 2. The molecule has 1 aromatic heterocycles. The Labute approximate surface area is 156 Å². The van der Waals surface area contributed by atoms with Crippen molar-refractivity contribution in [3.8, 4) is 0 Å². The van der Waals surface area contributed by atoms with Crippen molar-refractivity contribution < 1.29 is 27.7 Å². The van der Waals surface area contributed by atoms with Crippen LogP contribution in [0.3, 0.4) is 0 Å². The maximum Gasteiger partial charge on any atom is 0.249 e. The van der Waals surface area contributed by atoms with Gasteiger partial charge in [0.15, 0.2) is 0 Å². The first-order valence-corrected chi connectivity index (χ1v) is 8.54. The molecule has 0 bridgehead atoms. The Bertz CT molecular complexity index is 683. The molecule has 1 aromatic rings. The smallest absolute Gasteiger partial charge is 0.249 e. The summed E-state index contributed by atoms with van der Waals surface area (Å²) in [6.07, 6.45) is -1.14. The molecular weight excluding hydrogens is 362 g/mol. The van der Waals surface area contributed by atoms with Gasteiger partial charge in [0.25, 0.3) is 0 Å². The molecule has 0 saturated heterocycles. The van der Waals surface area contributed by atoms with E-state index >= 15 is 0 Å². The zero-order valence-corrected chi connectivity index (χ0v) is 15.8. The van der Waals surface area contributed by atoms with Crippen molar-refractivity contribution in [1.29, 1.82) is 0 Å². The number of carbonyl (C=O) groups is 3. The number of alkyl halides is 2. The molecule has 0 aliphatic carbocycles. The molecule has 0 unspecified atom stereocenters. The minimum atomic E-state index is -3.24. The molecule has 3 N–H and O–H groups in total. The summed E-state index contributed by atoms with van der Waals surface area (Å²) in [5, 5.41) is 5.98. The Morgan fingerprint density at radius 1 is 1.30 bits per heavy atom. The number of Topliss-reactive ketones (excluding diaryl/α,β-unsaturated/α-hetero) is 1. The number of hydrogen-bond donors (Lipinski definition) is 2. The zero-order valence-electron chi connectivity index (χ0n) is 15.8. The van der Waals surface area contributed by atoms with Crippen LogP contribution in [-0.2, 0) is 15.0 Å². The van der Waals surface area contributed by atoms with E-state index < -0.39 is 54.2 Å². The van der Waals surface area contributed by atoms with Crippen molar-refractivity contribution in [1.82, 2.24) is 15.5 Å². The van der Waals surface area contributed by atoms with E-state index in [9.17, 15) is 23.2 Å². The monoisotopic (exact) mass is 387 g/mol. The number of aromatic nitrogens is 2. The lowest BCUT2D eigenvalue weighted by molar-refractivity contribution is -0.120. The second kappa shape index (κ2) is 9.01. The number of ketones is 1.